The molecule has 8 nitrogen and oxygen atoms in total. The molecule has 0 atom stereocenters. The standard InChI is InChI=1S/C28H31F2N5O3/c1-4-5-23(36)27-24(37-3)12-19(13-25(27)38-28(29)30)22-16-31-26-14-18(6-11-34(22)26)20-15-32-35(17-20)21-7-9-33(2)10-8-21/h6,11-17,21,28H,4-5,7-10H2,1-3H3. The lowest BCUT2D eigenvalue weighted by Gasteiger charge is -2.28. The van der Waals surface area contributed by atoms with Crippen LogP contribution in [-0.4, -0.2) is 63.7 Å². The molecule has 0 N–H and O–H groups in total. The zero-order valence-electron chi connectivity index (χ0n) is 21.7. The number of nitrogens with zero attached hydrogens (tertiary/aromatic N) is 5. The summed E-state index contributed by atoms with van der Waals surface area (Å²) in [7, 11) is 3.54. The molecule has 1 fully saturated rings. The number of fused-ring (bicyclic) bond motifs is 1. The Kier molecular flexibility index (Phi) is 7.42. The van der Waals surface area contributed by atoms with E-state index in [2.05, 4.69) is 32.9 Å². The van der Waals surface area contributed by atoms with E-state index in [-0.39, 0.29) is 29.3 Å². The van der Waals surface area contributed by atoms with Gasteiger partial charge in [0.1, 0.15) is 22.7 Å². The van der Waals surface area contributed by atoms with Crippen molar-refractivity contribution < 1.29 is 23.0 Å². The van der Waals surface area contributed by atoms with Crippen LogP contribution < -0.4 is 9.47 Å². The van der Waals surface area contributed by atoms with Crippen LogP contribution in [0.2, 0.25) is 0 Å². The molecule has 5 rings (SSSR count). The number of methoxy groups -OCH3 is 1. The molecule has 10 heteroatoms. The smallest absolute Gasteiger partial charge is 0.387 e. The SMILES string of the molecule is CCCC(=O)c1c(OC)cc(-c2cnc3cc(-c4cnn(C5CCN(C)CC5)c4)ccn23)cc1OC(F)F. The number of ether oxygens (including phenoxy) is 2. The predicted molar refractivity (Wildman–Crippen MR) is 140 cm³/mol. The largest absolute Gasteiger partial charge is 0.496 e. The number of carbonyl (C=O) groups is 1. The van der Waals surface area contributed by atoms with Gasteiger partial charge in [-0.25, -0.2) is 4.98 Å². The number of carbonyl (C=O) groups excluding carboxylic acids is 1. The summed E-state index contributed by atoms with van der Waals surface area (Å²) in [6, 6.07) is 7.44. The summed E-state index contributed by atoms with van der Waals surface area (Å²) in [6.45, 7) is 0.887. The maximum absolute atomic E-state index is 13.3. The molecule has 0 radical (unpaired) electrons. The Morgan fingerprint density at radius 1 is 1.11 bits per heavy atom. The highest BCUT2D eigenvalue weighted by Gasteiger charge is 2.24. The maximum atomic E-state index is 13.3. The minimum Gasteiger partial charge on any atom is -0.496 e. The van der Waals surface area contributed by atoms with Gasteiger partial charge in [-0.15, -0.1) is 0 Å². The van der Waals surface area contributed by atoms with Crippen molar-refractivity contribution in [2.45, 2.75) is 45.3 Å². The number of alkyl halides is 2. The third-order valence-electron chi connectivity index (χ3n) is 7.06. The average Bonchev–Trinajstić information content (AvgIpc) is 3.56. The third-order valence-corrected chi connectivity index (χ3v) is 7.06. The quantitative estimate of drug-likeness (QED) is 0.261. The second-order valence-corrected chi connectivity index (χ2v) is 9.63. The molecule has 1 aliphatic heterocycles. The highest BCUT2D eigenvalue weighted by molar-refractivity contribution is 6.02. The van der Waals surface area contributed by atoms with Crippen molar-refractivity contribution in [2.75, 3.05) is 27.2 Å². The predicted octanol–water partition coefficient (Wildman–Crippen LogP) is 5.72. The van der Waals surface area contributed by atoms with Crippen LogP contribution in [0.3, 0.4) is 0 Å². The number of imidazole rings is 1. The van der Waals surface area contributed by atoms with Crippen LogP contribution in [-0.2, 0) is 0 Å². The van der Waals surface area contributed by atoms with Crippen LogP contribution in [0, 0.1) is 0 Å². The molecule has 38 heavy (non-hydrogen) atoms. The number of ketones is 1. The van der Waals surface area contributed by atoms with E-state index in [1.165, 1.54) is 13.2 Å². The number of piperidine rings is 1. The summed E-state index contributed by atoms with van der Waals surface area (Å²) < 4.78 is 40.6. The molecule has 200 valence electrons. The molecular weight excluding hydrogens is 492 g/mol. The van der Waals surface area contributed by atoms with Gasteiger partial charge in [0.2, 0.25) is 0 Å². The Labute approximate surface area is 219 Å². The molecule has 1 aromatic carbocycles. The normalized spacial score (nSPS) is 14.9. The lowest BCUT2D eigenvalue weighted by Crippen LogP contribution is -2.31. The number of halogens is 2. The summed E-state index contributed by atoms with van der Waals surface area (Å²) in [6.07, 6.45) is 10.4. The van der Waals surface area contributed by atoms with Crippen LogP contribution in [0.5, 0.6) is 11.5 Å². The van der Waals surface area contributed by atoms with Gasteiger partial charge >= 0.3 is 6.61 Å². The molecule has 0 bridgehead atoms. The number of hydrogen-bond acceptors (Lipinski definition) is 6. The minimum atomic E-state index is -3.08. The molecule has 1 aliphatic rings. The van der Waals surface area contributed by atoms with Crippen LogP contribution in [0.1, 0.15) is 49.0 Å². The molecule has 0 amide bonds. The van der Waals surface area contributed by atoms with E-state index in [9.17, 15) is 13.6 Å². The van der Waals surface area contributed by atoms with Crippen LogP contribution in [0.4, 0.5) is 8.78 Å². The van der Waals surface area contributed by atoms with Gasteiger partial charge < -0.3 is 14.4 Å². The fourth-order valence-corrected chi connectivity index (χ4v) is 5.03. The second kappa shape index (κ2) is 10.9. The number of aromatic nitrogens is 4. The topological polar surface area (TPSA) is 73.9 Å². The molecular formula is C28H31F2N5O3. The Bertz CT molecular complexity index is 1440. The van der Waals surface area contributed by atoms with Gasteiger partial charge in [0.05, 0.1) is 31.2 Å². The van der Waals surface area contributed by atoms with Crippen molar-refractivity contribution in [2.24, 2.45) is 0 Å². The monoisotopic (exact) mass is 523 g/mol. The van der Waals surface area contributed by atoms with E-state index >= 15 is 0 Å². The minimum absolute atomic E-state index is 0.0242. The summed E-state index contributed by atoms with van der Waals surface area (Å²) in [5, 5.41) is 4.62. The van der Waals surface area contributed by atoms with Crippen molar-refractivity contribution >= 4 is 11.4 Å². The first-order chi connectivity index (χ1) is 18.4. The van der Waals surface area contributed by atoms with Crippen molar-refractivity contribution in [3.63, 3.8) is 0 Å². The maximum Gasteiger partial charge on any atom is 0.387 e. The molecule has 4 aromatic rings. The fraction of sp³-hybridized carbons (Fsp3) is 0.393. The number of rotatable bonds is 9. The summed E-state index contributed by atoms with van der Waals surface area (Å²) in [5.41, 5.74) is 3.89. The van der Waals surface area contributed by atoms with E-state index in [0.29, 0.717) is 29.4 Å². The molecule has 0 aliphatic carbocycles. The highest BCUT2D eigenvalue weighted by atomic mass is 19.3. The summed E-state index contributed by atoms with van der Waals surface area (Å²) >= 11 is 0. The molecule has 0 unspecified atom stereocenters. The number of likely N-dealkylation sites (tertiary alicyclic amines) is 1. The Hall–Kier alpha value is -3.79. The molecule has 1 saturated heterocycles. The van der Waals surface area contributed by atoms with Gasteiger partial charge in [0.15, 0.2) is 5.78 Å². The molecule has 3 aromatic heterocycles. The second-order valence-electron chi connectivity index (χ2n) is 9.63. The zero-order valence-corrected chi connectivity index (χ0v) is 21.7. The van der Waals surface area contributed by atoms with Crippen LogP contribution in [0.25, 0.3) is 28.0 Å². The first kappa shape index (κ1) is 25.8. The molecule has 0 saturated carbocycles. The lowest BCUT2D eigenvalue weighted by molar-refractivity contribution is -0.0502. The van der Waals surface area contributed by atoms with Crippen molar-refractivity contribution in [1.29, 1.82) is 0 Å². The van der Waals surface area contributed by atoms with Crippen LogP contribution >= 0.6 is 0 Å². The number of hydrogen-bond donors (Lipinski definition) is 0. The van der Waals surface area contributed by atoms with Gasteiger partial charge in [0, 0.05) is 29.9 Å². The summed E-state index contributed by atoms with van der Waals surface area (Å²) in [5.74, 6) is -0.333. The molecule has 0 spiro atoms. The van der Waals surface area contributed by atoms with Gasteiger partial charge in [-0.05, 0) is 69.2 Å². The van der Waals surface area contributed by atoms with E-state index in [0.717, 1.165) is 37.1 Å². The third kappa shape index (κ3) is 5.13. The Morgan fingerprint density at radius 2 is 1.87 bits per heavy atom. The number of benzene rings is 1. The van der Waals surface area contributed by atoms with Gasteiger partial charge in [0.25, 0.3) is 0 Å². The zero-order chi connectivity index (χ0) is 26.8. The van der Waals surface area contributed by atoms with Gasteiger partial charge in [-0.2, -0.15) is 13.9 Å². The fourth-order valence-electron chi connectivity index (χ4n) is 5.03. The Balaban J connectivity index is 1.48. The number of pyridine rings is 1. The van der Waals surface area contributed by atoms with Gasteiger partial charge in [-0.3, -0.25) is 13.9 Å². The lowest BCUT2D eigenvalue weighted by atomic mass is 10.0. The van der Waals surface area contributed by atoms with E-state index < -0.39 is 6.61 Å². The highest BCUT2D eigenvalue weighted by Crippen LogP contribution is 2.37. The van der Waals surface area contributed by atoms with Crippen molar-refractivity contribution in [3.05, 3.63) is 54.6 Å². The first-order valence-corrected chi connectivity index (χ1v) is 12.8. The van der Waals surface area contributed by atoms with E-state index in [1.807, 2.05) is 35.9 Å². The number of Topliss-reactive ketones (excluding diaryl/α,β-unsaturated/α-hetero) is 1. The Morgan fingerprint density at radius 3 is 2.58 bits per heavy atom. The van der Waals surface area contributed by atoms with E-state index in [1.54, 1.807) is 12.3 Å². The molecule has 4 heterocycles. The van der Waals surface area contributed by atoms with Crippen molar-refractivity contribution in [3.8, 4) is 33.9 Å². The van der Waals surface area contributed by atoms with Crippen molar-refractivity contribution in [1.82, 2.24) is 24.1 Å². The average molecular weight is 524 g/mol. The first-order valence-electron chi connectivity index (χ1n) is 12.8. The van der Waals surface area contributed by atoms with Crippen LogP contribution in [0.15, 0.2) is 49.1 Å². The summed E-state index contributed by atoms with van der Waals surface area (Å²) in [4.78, 5) is 19.6. The van der Waals surface area contributed by atoms with E-state index in [4.69, 9.17) is 9.47 Å². The van der Waals surface area contributed by atoms with Gasteiger partial charge in [-0.1, -0.05) is 6.92 Å².